The van der Waals surface area contributed by atoms with Gasteiger partial charge in [-0.05, 0) is 12.5 Å². The van der Waals surface area contributed by atoms with Crippen LogP contribution >= 0.6 is 23.4 Å². The van der Waals surface area contributed by atoms with Crippen molar-refractivity contribution in [3.8, 4) is 0 Å². The van der Waals surface area contributed by atoms with E-state index in [0.717, 1.165) is 12.3 Å². The average molecular weight is 495 g/mol. The fraction of sp³-hybridized carbons (Fsp3) is 0.556. The number of methoxy groups -OCH3 is 1. The molecule has 1 aliphatic heterocycles. The minimum atomic E-state index is -4.51. The molecule has 32 heavy (non-hydrogen) atoms. The number of halogens is 4. The summed E-state index contributed by atoms with van der Waals surface area (Å²) in [5, 5.41) is 6.69. The van der Waals surface area contributed by atoms with Gasteiger partial charge in [0.05, 0.1) is 16.3 Å². The summed E-state index contributed by atoms with van der Waals surface area (Å²) in [4.78, 5) is 31.7. The molecule has 3 heterocycles. The molecule has 9 nitrogen and oxygen atoms in total. The summed E-state index contributed by atoms with van der Waals surface area (Å²) < 4.78 is 44.8. The number of nitrogens with one attached hydrogen (secondary N) is 1. The first-order valence-electron chi connectivity index (χ1n) is 9.73. The van der Waals surface area contributed by atoms with Crippen LogP contribution in [0.5, 0.6) is 0 Å². The predicted molar refractivity (Wildman–Crippen MR) is 113 cm³/mol. The van der Waals surface area contributed by atoms with Crippen molar-refractivity contribution in [2.24, 2.45) is 0 Å². The van der Waals surface area contributed by atoms with E-state index in [1.54, 1.807) is 16.9 Å². The Morgan fingerprint density at radius 2 is 2.03 bits per heavy atom. The van der Waals surface area contributed by atoms with Gasteiger partial charge in [0, 0.05) is 52.6 Å². The maximum atomic E-state index is 12.8. The van der Waals surface area contributed by atoms with Crippen LogP contribution in [-0.2, 0) is 22.3 Å². The van der Waals surface area contributed by atoms with Gasteiger partial charge >= 0.3 is 11.9 Å². The van der Waals surface area contributed by atoms with Gasteiger partial charge in [-0.15, -0.1) is 5.10 Å². The summed E-state index contributed by atoms with van der Waals surface area (Å²) in [6.07, 6.45) is -3.12. The van der Waals surface area contributed by atoms with E-state index in [1.165, 1.54) is 16.3 Å². The van der Waals surface area contributed by atoms with E-state index in [9.17, 15) is 22.8 Å². The quantitative estimate of drug-likeness (QED) is 0.443. The van der Waals surface area contributed by atoms with E-state index in [4.69, 9.17) is 16.3 Å². The Balaban J connectivity index is 1.53. The standard InChI is InChI=1S/C18H22ClF3N6O3S/c1-31-8-2-3-28-16(30)24-25-17(28)32-11-14(29)26-4-6-27(7-5-26)15-13(19)9-12(10-23-15)18(20,21)22/h9-10H,2-8,11H2,1H3,(H,24,30). The molecule has 0 aliphatic carbocycles. The highest BCUT2D eigenvalue weighted by Crippen LogP contribution is 2.33. The lowest BCUT2D eigenvalue weighted by molar-refractivity contribution is -0.137. The molecular formula is C18H22ClF3N6O3S. The van der Waals surface area contributed by atoms with E-state index < -0.39 is 11.7 Å². The molecule has 0 saturated carbocycles. The second kappa shape index (κ2) is 10.6. The summed E-state index contributed by atoms with van der Waals surface area (Å²) >= 11 is 7.18. The van der Waals surface area contributed by atoms with Crippen molar-refractivity contribution >= 4 is 35.1 Å². The number of piperazine rings is 1. The lowest BCUT2D eigenvalue weighted by Gasteiger charge is -2.35. The first-order valence-corrected chi connectivity index (χ1v) is 11.1. The third kappa shape index (κ3) is 5.95. The minimum Gasteiger partial charge on any atom is -0.385 e. The Bertz CT molecular complexity index is 991. The number of anilines is 1. The molecular weight excluding hydrogens is 473 g/mol. The number of rotatable bonds is 8. The summed E-state index contributed by atoms with van der Waals surface area (Å²) in [6.45, 7) is 2.46. The smallest absolute Gasteiger partial charge is 0.385 e. The van der Waals surface area contributed by atoms with E-state index in [-0.39, 0.29) is 28.2 Å². The van der Waals surface area contributed by atoms with Crippen molar-refractivity contribution in [3.63, 3.8) is 0 Å². The predicted octanol–water partition coefficient (Wildman–Crippen LogP) is 2.12. The zero-order valence-electron chi connectivity index (χ0n) is 17.2. The number of H-pyrrole nitrogens is 1. The number of pyridine rings is 1. The van der Waals surface area contributed by atoms with E-state index in [0.29, 0.717) is 50.9 Å². The fourth-order valence-corrected chi connectivity index (χ4v) is 4.34. The monoisotopic (exact) mass is 494 g/mol. The van der Waals surface area contributed by atoms with Crippen LogP contribution in [0.2, 0.25) is 5.02 Å². The van der Waals surface area contributed by atoms with Crippen molar-refractivity contribution in [1.82, 2.24) is 24.6 Å². The van der Waals surface area contributed by atoms with Gasteiger partial charge in [0.2, 0.25) is 5.91 Å². The third-order valence-corrected chi connectivity index (χ3v) is 6.10. The molecule has 14 heteroatoms. The maximum Gasteiger partial charge on any atom is 0.417 e. The number of amides is 1. The summed E-state index contributed by atoms with van der Waals surface area (Å²) in [5.41, 5.74) is -1.25. The van der Waals surface area contributed by atoms with Crippen LogP contribution in [0.4, 0.5) is 19.0 Å². The molecule has 1 saturated heterocycles. The van der Waals surface area contributed by atoms with E-state index >= 15 is 0 Å². The number of carbonyl (C=O) groups is 1. The van der Waals surface area contributed by atoms with Crippen molar-refractivity contribution in [2.75, 3.05) is 50.5 Å². The highest BCUT2D eigenvalue weighted by atomic mass is 35.5. The second-order valence-electron chi connectivity index (χ2n) is 6.99. The molecule has 0 aromatic carbocycles. The molecule has 2 aromatic heterocycles. The summed E-state index contributed by atoms with van der Waals surface area (Å²) in [7, 11) is 1.58. The van der Waals surface area contributed by atoms with Gasteiger partial charge in [0.1, 0.15) is 5.82 Å². The van der Waals surface area contributed by atoms with Gasteiger partial charge in [0.25, 0.3) is 0 Å². The SMILES string of the molecule is COCCCn1c(SCC(=O)N2CCN(c3ncc(C(F)(F)F)cc3Cl)CC2)n[nH]c1=O. The van der Waals surface area contributed by atoms with Crippen LogP contribution in [0, 0.1) is 0 Å². The molecule has 0 atom stereocenters. The number of thioether (sulfide) groups is 1. The number of hydrogen-bond donors (Lipinski definition) is 1. The topological polar surface area (TPSA) is 96.3 Å². The van der Waals surface area contributed by atoms with Crippen molar-refractivity contribution in [2.45, 2.75) is 24.3 Å². The van der Waals surface area contributed by atoms with Crippen LogP contribution in [0.3, 0.4) is 0 Å². The summed E-state index contributed by atoms with van der Waals surface area (Å²) in [5.74, 6) is 0.242. The molecule has 3 rings (SSSR count). The molecule has 0 spiro atoms. The highest BCUT2D eigenvalue weighted by molar-refractivity contribution is 7.99. The molecule has 0 bridgehead atoms. The van der Waals surface area contributed by atoms with Gasteiger partial charge in [-0.2, -0.15) is 13.2 Å². The number of aromatic amines is 1. The number of carbonyl (C=O) groups excluding carboxylic acids is 1. The Morgan fingerprint density at radius 3 is 2.66 bits per heavy atom. The van der Waals surface area contributed by atoms with Gasteiger partial charge in [0.15, 0.2) is 5.16 Å². The largest absolute Gasteiger partial charge is 0.417 e. The molecule has 1 amide bonds. The second-order valence-corrected chi connectivity index (χ2v) is 8.34. The average Bonchev–Trinajstić information content (AvgIpc) is 3.11. The molecule has 1 N–H and O–H groups in total. The van der Waals surface area contributed by atoms with Crippen LogP contribution in [-0.4, -0.2) is 76.2 Å². The van der Waals surface area contributed by atoms with Crippen LogP contribution in [0.25, 0.3) is 0 Å². The minimum absolute atomic E-state index is 0.0832. The van der Waals surface area contributed by atoms with Gasteiger partial charge in [-0.25, -0.2) is 14.9 Å². The van der Waals surface area contributed by atoms with E-state index in [1.807, 2.05) is 0 Å². The number of hydrogen-bond acceptors (Lipinski definition) is 7. The number of aromatic nitrogens is 4. The lowest BCUT2D eigenvalue weighted by atomic mass is 10.2. The molecule has 176 valence electrons. The molecule has 1 aliphatic rings. The first kappa shape index (κ1) is 24.4. The van der Waals surface area contributed by atoms with E-state index in [2.05, 4.69) is 15.2 Å². The number of alkyl halides is 3. The Hall–Kier alpha value is -2.25. The first-order chi connectivity index (χ1) is 15.2. The third-order valence-electron chi connectivity index (χ3n) is 4.86. The molecule has 0 unspecified atom stereocenters. The van der Waals surface area contributed by atoms with Crippen LogP contribution in [0.15, 0.2) is 22.2 Å². The Kier molecular flexibility index (Phi) is 8.06. The highest BCUT2D eigenvalue weighted by Gasteiger charge is 2.32. The number of nitrogens with zero attached hydrogens (tertiary/aromatic N) is 5. The van der Waals surface area contributed by atoms with Gasteiger partial charge < -0.3 is 14.5 Å². The van der Waals surface area contributed by atoms with Crippen LogP contribution < -0.4 is 10.6 Å². The van der Waals surface area contributed by atoms with Gasteiger partial charge in [-0.1, -0.05) is 23.4 Å². The normalized spacial score (nSPS) is 14.8. The zero-order valence-corrected chi connectivity index (χ0v) is 18.8. The fourth-order valence-electron chi connectivity index (χ4n) is 3.18. The van der Waals surface area contributed by atoms with Gasteiger partial charge in [-0.3, -0.25) is 9.36 Å². The zero-order chi connectivity index (χ0) is 23.3. The molecule has 2 aromatic rings. The number of ether oxygens (including phenoxy) is 1. The maximum absolute atomic E-state index is 12.8. The summed E-state index contributed by atoms with van der Waals surface area (Å²) in [6, 6.07) is 0.855. The van der Waals surface area contributed by atoms with Crippen molar-refractivity contribution < 1.29 is 22.7 Å². The van der Waals surface area contributed by atoms with Crippen molar-refractivity contribution in [1.29, 1.82) is 0 Å². The Morgan fingerprint density at radius 1 is 1.31 bits per heavy atom. The van der Waals surface area contributed by atoms with Crippen LogP contribution in [0.1, 0.15) is 12.0 Å². The Labute approximate surface area is 190 Å². The van der Waals surface area contributed by atoms with Crippen molar-refractivity contribution in [3.05, 3.63) is 33.3 Å². The molecule has 1 fully saturated rings. The lowest BCUT2D eigenvalue weighted by Crippen LogP contribution is -2.49. The molecule has 0 radical (unpaired) electrons.